The second-order valence-electron chi connectivity index (χ2n) is 8.40. The number of nitrogens with one attached hydrogen (secondary N) is 2. The van der Waals surface area contributed by atoms with Crippen LogP contribution in [0.4, 0.5) is 10.1 Å². The number of anilines is 1. The topological polar surface area (TPSA) is 125 Å². The number of aromatic nitrogens is 1. The Labute approximate surface area is 204 Å². The summed E-state index contributed by atoms with van der Waals surface area (Å²) in [7, 11) is 0. The van der Waals surface area contributed by atoms with Crippen LogP contribution >= 0.6 is 0 Å². The van der Waals surface area contributed by atoms with Gasteiger partial charge in [-0.25, -0.2) is 9.18 Å². The molecule has 5 aromatic rings. The molecule has 5 rings (SSSR count). The van der Waals surface area contributed by atoms with Crippen LogP contribution in [0.1, 0.15) is 36.6 Å². The molecule has 0 aliphatic carbocycles. The zero-order valence-electron chi connectivity index (χ0n) is 19.1. The van der Waals surface area contributed by atoms with Gasteiger partial charge in [0.05, 0.1) is 16.6 Å². The van der Waals surface area contributed by atoms with E-state index in [0.717, 1.165) is 22.1 Å². The highest BCUT2D eigenvalue weighted by Gasteiger charge is 2.19. The number of amides is 2. The maximum atomic E-state index is 13.2. The molecule has 7 nitrogen and oxygen atoms in total. The third kappa shape index (κ3) is 3.84. The molecule has 0 atom stereocenters. The van der Waals surface area contributed by atoms with E-state index in [0.29, 0.717) is 27.7 Å². The summed E-state index contributed by atoms with van der Waals surface area (Å²) in [5.74, 6) is -2.49. The first kappa shape index (κ1) is 22.8. The predicted molar refractivity (Wildman–Crippen MR) is 136 cm³/mol. The van der Waals surface area contributed by atoms with Gasteiger partial charge in [0.2, 0.25) is 0 Å². The van der Waals surface area contributed by atoms with Crippen molar-refractivity contribution >= 4 is 45.3 Å². The highest BCUT2D eigenvalue weighted by Crippen LogP contribution is 2.39. The lowest BCUT2D eigenvalue weighted by atomic mass is 9.93. The fourth-order valence-corrected chi connectivity index (χ4v) is 4.43. The minimum Gasteiger partial charge on any atom is -0.478 e. The van der Waals surface area contributed by atoms with Crippen LogP contribution in [-0.4, -0.2) is 27.9 Å². The van der Waals surface area contributed by atoms with Crippen LogP contribution in [0.2, 0.25) is 0 Å². The largest absolute Gasteiger partial charge is 0.478 e. The minimum atomic E-state index is -1.06. The van der Waals surface area contributed by atoms with Crippen LogP contribution in [0.15, 0.2) is 72.8 Å². The first-order valence-corrected chi connectivity index (χ1v) is 11.0. The van der Waals surface area contributed by atoms with E-state index in [2.05, 4.69) is 10.3 Å². The molecule has 0 fully saturated rings. The molecular weight excluding hydrogens is 461 g/mol. The minimum absolute atomic E-state index is 0.109. The Hall–Kier alpha value is -4.98. The number of fused-ring (bicyclic) bond motifs is 3. The lowest BCUT2D eigenvalue weighted by Gasteiger charge is -2.15. The number of primary amides is 1. The number of hydrogen-bond acceptors (Lipinski definition) is 3. The molecule has 0 saturated carbocycles. The predicted octanol–water partition coefficient (Wildman–Crippen LogP) is 5.49. The number of rotatable bonds is 5. The second kappa shape index (κ2) is 8.66. The summed E-state index contributed by atoms with van der Waals surface area (Å²) in [4.78, 5) is 39.5. The average Bonchev–Trinajstić information content (AvgIpc) is 3.24. The number of hydrogen-bond donors (Lipinski definition) is 4. The maximum Gasteiger partial charge on any atom is 0.335 e. The van der Waals surface area contributed by atoms with E-state index in [-0.39, 0.29) is 17.0 Å². The van der Waals surface area contributed by atoms with Crippen LogP contribution in [0, 0.1) is 12.7 Å². The molecular formula is C28H20FN3O4. The van der Waals surface area contributed by atoms with Crippen molar-refractivity contribution in [3.63, 3.8) is 0 Å². The molecule has 1 aromatic heterocycles. The number of halogens is 1. The summed E-state index contributed by atoms with van der Waals surface area (Å²) in [6, 6.07) is 18.9. The van der Waals surface area contributed by atoms with Gasteiger partial charge in [-0.1, -0.05) is 24.3 Å². The third-order valence-corrected chi connectivity index (χ3v) is 6.24. The third-order valence-electron chi connectivity index (χ3n) is 6.24. The molecule has 2 amide bonds. The molecule has 0 unspecified atom stereocenters. The van der Waals surface area contributed by atoms with Crippen LogP contribution < -0.4 is 11.1 Å². The number of carboxylic acid groups (broad SMARTS) is 1. The molecule has 0 radical (unpaired) electrons. The molecule has 1 heterocycles. The SMILES string of the molecule is Cc1c(NC(=O)c2ccc(F)cc2)cccc1-c1ccc(C(N)=O)c2[nH]c3cc(C(=O)O)ccc3c12. The number of carbonyl (C=O) groups is 3. The van der Waals surface area contributed by atoms with Crippen molar-refractivity contribution in [3.8, 4) is 11.1 Å². The van der Waals surface area contributed by atoms with Gasteiger partial charge in [0.15, 0.2) is 0 Å². The van der Waals surface area contributed by atoms with E-state index < -0.39 is 17.7 Å². The Morgan fingerprint density at radius 3 is 2.33 bits per heavy atom. The zero-order valence-corrected chi connectivity index (χ0v) is 19.1. The van der Waals surface area contributed by atoms with Gasteiger partial charge >= 0.3 is 5.97 Å². The number of nitrogens with two attached hydrogens (primary N) is 1. The van der Waals surface area contributed by atoms with Crippen molar-refractivity contribution in [2.75, 3.05) is 5.32 Å². The number of carboxylic acids is 1. The van der Waals surface area contributed by atoms with Gasteiger partial charge in [-0.15, -0.1) is 0 Å². The van der Waals surface area contributed by atoms with Gasteiger partial charge in [-0.2, -0.15) is 0 Å². The second-order valence-corrected chi connectivity index (χ2v) is 8.40. The highest BCUT2D eigenvalue weighted by molar-refractivity contribution is 6.20. The fraction of sp³-hybridized carbons (Fsp3) is 0.0357. The Kier molecular flexibility index (Phi) is 5.49. The van der Waals surface area contributed by atoms with Gasteiger partial charge in [0.25, 0.3) is 11.8 Å². The number of benzene rings is 4. The molecule has 178 valence electrons. The van der Waals surface area contributed by atoms with Gasteiger partial charge in [-0.05, 0) is 72.1 Å². The van der Waals surface area contributed by atoms with Crippen molar-refractivity contribution in [1.82, 2.24) is 4.98 Å². The van der Waals surface area contributed by atoms with Crippen LogP contribution in [0.5, 0.6) is 0 Å². The monoisotopic (exact) mass is 481 g/mol. The Morgan fingerprint density at radius 2 is 1.64 bits per heavy atom. The van der Waals surface area contributed by atoms with Crippen molar-refractivity contribution in [3.05, 3.63) is 101 Å². The van der Waals surface area contributed by atoms with E-state index in [1.54, 1.807) is 30.3 Å². The van der Waals surface area contributed by atoms with E-state index in [1.165, 1.54) is 36.4 Å². The van der Waals surface area contributed by atoms with E-state index in [4.69, 9.17) is 5.73 Å². The van der Waals surface area contributed by atoms with Gasteiger partial charge in [0, 0.05) is 27.5 Å². The molecule has 0 saturated heterocycles. The number of aromatic carboxylic acids is 1. The summed E-state index contributed by atoms with van der Waals surface area (Å²) >= 11 is 0. The van der Waals surface area contributed by atoms with Gasteiger partial charge < -0.3 is 21.1 Å². The molecule has 0 aliphatic heterocycles. The summed E-state index contributed by atoms with van der Waals surface area (Å²) in [5.41, 5.74) is 10.3. The summed E-state index contributed by atoms with van der Waals surface area (Å²) in [6.07, 6.45) is 0. The van der Waals surface area contributed by atoms with Crippen molar-refractivity contribution in [2.45, 2.75) is 6.92 Å². The highest BCUT2D eigenvalue weighted by atomic mass is 19.1. The standard InChI is InChI=1S/C28H20FN3O4/c1-14-18(3-2-4-22(14)32-27(34)15-5-8-17(29)9-6-15)19-11-12-21(26(30)33)25-24(19)20-10-7-16(28(35)36)13-23(20)31-25/h2-13,31H,1H3,(H2,30,33)(H,32,34)(H,35,36). The molecule has 0 bridgehead atoms. The molecule has 36 heavy (non-hydrogen) atoms. The number of H-pyrrole nitrogens is 1. The average molecular weight is 481 g/mol. The number of aromatic amines is 1. The molecule has 8 heteroatoms. The molecule has 0 spiro atoms. The fourth-order valence-electron chi connectivity index (χ4n) is 4.43. The van der Waals surface area contributed by atoms with Crippen molar-refractivity contribution < 1.29 is 23.9 Å². The first-order chi connectivity index (χ1) is 17.2. The van der Waals surface area contributed by atoms with Crippen LogP contribution in [0.25, 0.3) is 32.9 Å². The molecule has 4 aromatic carbocycles. The van der Waals surface area contributed by atoms with Crippen LogP contribution in [-0.2, 0) is 0 Å². The summed E-state index contributed by atoms with van der Waals surface area (Å²) in [5, 5.41) is 13.7. The van der Waals surface area contributed by atoms with Crippen LogP contribution in [0.3, 0.4) is 0 Å². The van der Waals surface area contributed by atoms with E-state index >= 15 is 0 Å². The smallest absolute Gasteiger partial charge is 0.335 e. The van der Waals surface area contributed by atoms with Crippen molar-refractivity contribution in [1.29, 1.82) is 0 Å². The maximum absolute atomic E-state index is 13.2. The normalized spacial score (nSPS) is 11.1. The van der Waals surface area contributed by atoms with Gasteiger partial charge in [-0.3, -0.25) is 9.59 Å². The lowest BCUT2D eigenvalue weighted by Crippen LogP contribution is -2.13. The summed E-state index contributed by atoms with van der Waals surface area (Å²) in [6.45, 7) is 1.86. The Balaban J connectivity index is 1.67. The summed E-state index contributed by atoms with van der Waals surface area (Å²) < 4.78 is 13.2. The molecule has 0 aliphatic rings. The van der Waals surface area contributed by atoms with Gasteiger partial charge in [0.1, 0.15) is 5.82 Å². The number of carbonyl (C=O) groups excluding carboxylic acids is 2. The first-order valence-electron chi connectivity index (χ1n) is 11.0. The zero-order chi connectivity index (χ0) is 25.6. The quantitative estimate of drug-likeness (QED) is 0.265. The van der Waals surface area contributed by atoms with E-state index in [9.17, 15) is 23.9 Å². The lowest BCUT2D eigenvalue weighted by molar-refractivity contribution is 0.0696. The molecule has 5 N–H and O–H groups in total. The Morgan fingerprint density at radius 1 is 0.917 bits per heavy atom. The Bertz CT molecular complexity index is 1700. The van der Waals surface area contributed by atoms with Crippen molar-refractivity contribution in [2.24, 2.45) is 5.73 Å². The van der Waals surface area contributed by atoms with E-state index in [1.807, 2.05) is 13.0 Å².